The van der Waals surface area contributed by atoms with Gasteiger partial charge in [-0.2, -0.15) is 0 Å². The smallest absolute Gasteiger partial charge is 0.325 e. The van der Waals surface area contributed by atoms with Gasteiger partial charge in [0.25, 0.3) is 5.91 Å². The minimum absolute atomic E-state index is 0.360. The SMILES string of the molecule is CCCC(CCC)C(=O)C(NC(=O)Nc1cccc(C)c1)C(=O)NCC(=O)OC(C)(C)C. The van der Waals surface area contributed by atoms with E-state index in [1.165, 1.54) is 0 Å². The molecule has 0 aliphatic heterocycles. The van der Waals surface area contributed by atoms with Gasteiger partial charge in [0.1, 0.15) is 12.1 Å². The molecule has 1 rings (SSSR count). The van der Waals surface area contributed by atoms with Crippen LogP contribution in [0, 0.1) is 12.8 Å². The largest absolute Gasteiger partial charge is 0.459 e. The van der Waals surface area contributed by atoms with E-state index in [2.05, 4.69) is 16.0 Å². The standard InChI is InChI=1S/C24H37N3O5/c1-7-10-17(11-8-2)21(29)20(22(30)25-15-19(28)32-24(4,5)6)27-23(31)26-18-13-9-12-16(3)14-18/h9,12-14,17,20H,7-8,10-11,15H2,1-6H3,(H,25,30)(H2,26,27,31). The first-order valence-electron chi connectivity index (χ1n) is 11.1. The van der Waals surface area contributed by atoms with Gasteiger partial charge in [-0.15, -0.1) is 0 Å². The molecular formula is C24H37N3O5. The van der Waals surface area contributed by atoms with Crippen LogP contribution >= 0.6 is 0 Å². The first-order chi connectivity index (χ1) is 15.0. The molecule has 1 unspecified atom stereocenters. The highest BCUT2D eigenvalue weighted by molar-refractivity contribution is 6.10. The molecule has 0 saturated heterocycles. The summed E-state index contributed by atoms with van der Waals surface area (Å²) in [6.45, 7) is 10.6. The van der Waals surface area contributed by atoms with E-state index in [9.17, 15) is 19.2 Å². The van der Waals surface area contributed by atoms with Gasteiger partial charge in [0, 0.05) is 11.6 Å². The molecule has 3 N–H and O–H groups in total. The van der Waals surface area contributed by atoms with Crippen molar-refractivity contribution in [2.45, 2.75) is 78.9 Å². The fourth-order valence-corrected chi connectivity index (χ4v) is 3.29. The van der Waals surface area contributed by atoms with Gasteiger partial charge in [-0.3, -0.25) is 14.4 Å². The maximum Gasteiger partial charge on any atom is 0.325 e. The summed E-state index contributed by atoms with van der Waals surface area (Å²) < 4.78 is 5.19. The number of hydrogen-bond acceptors (Lipinski definition) is 5. The minimum Gasteiger partial charge on any atom is -0.459 e. The average Bonchev–Trinajstić information content (AvgIpc) is 2.68. The van der Waals surface area contributed by atoms with Gasteiger partial charge in [-0.05, 0) is 58.2 Å². The van der Waals surface area contributed by atoms with E-state index in [-0.39, 0.29) is 11.7 Å². The normalized spacial score (nSPS) is 12.1. The predicted octanol–water partition coefficient (Wildman–Crippen LogP) is 3.73. The number of esters is 1. The van der Waals surface area contributed by atoms with Gasteiger partial charge in [0.2, 0.25) is 0 Å². The first-order valence-corrected chi connectivity index (χ1v) is 11.1. The van der Waals surface area contributed by atoms with Crippen molar-refractivity contribution in [3.63, 3.8) is 0 Å². The number of benzene rings is 1. The molecule has 1 atom stereocenters. The molecule has 32 heavy (non-hydrogen) atoms. The van der Waals surface area contributed by atoms with E-state index in [4.69, 9.17) is 4.74 Å². The summed E-state index contributed by atoms with van der Waals surface area (Å²) in [5.41, 5.74) is 0.800. The monoisotopic (exact) mass is 447 g/mol. The number of Topliss-reactive ketones (excluding diaryl/α,β-unsaturated/α-hetero) is 1. The van der Waals surface area contributed by atoms with E-state index in [1.54, 1.807) is 39.0 Å². The van der Waals surface area contributed by atoms with Crippen LogP contribution in [0.4, 0.5) is 10.5 Å². The van der Waals surface area contributed by atoms with Crippen molar-refractivity contribution >= 4 is 29.4 Å². The lowest BCUT2D eigenvalue weighted by atomic mass is 9.89. The van der Waals surface area contributed by atoms with Crippen molar-refractivity contribution in [1.82, 2.24) is 10.6 Å². The molecule has 0 bridgehead atoms. The number of amides is 3. The number of ether oxygens (including phenoxy) is 1. The number of hydrogen-bond donors (Lipinski definition) is 3. The van der Waals surface area contributed by atoms with Crippen LogP contribution in [0.1, 0.15) is 65.9 Å². The Morgan fingerprint density at radius 2 is 1.66 bits per heavy atom. The lowest BCUT2D eigenvalue weighted by Crippen LogP contribution is -2.55. The van der Waals surface area contributed by atoms with Crippen LogP contribution in [0.2, 0.25) is 0 Å². The Morgan fingerprint density at radius 1 is 1.03 bits per heavy atom. The molecule has 0 saturated carbocycles. The number of aryl methyl sites for hydroxylation is 1. The number of ketones is 1. The van der Waals surface area contributed by atoms with Gasteiger partial charge >= 0.3 is 12.0 Å². The van der Waals surface area contributed by atoms with Gasteiger partial charge < -0.3 is 20.7 Å². The molecular weight excluding hydrogens is 410 g/mol. The van der Waals surface area contributed by atoms with Crippen molar-refractivity contribution in [2.24, 2.45) is 5.92 Å². The van der Waals surface area contributed by atoms with Crippen molar-refractivity contribution in [3.8, 4) is 0 Å². The lowest BCUT2D eigenvalue weighted by molar-refractivity contribution is -0.155. The number of anilines is 1. The van der Waals surface area contributed by atoms with Crippen molar-refractivity contribution in [3.05, 3.63) is 29.8 Å². The van der Waals surface area contributed by atoms with E-state index in [0.29, 0.717) is 18.5 Å². The summed E-state index contributed by atoms with van der Waals surface area (Å²) in [5, 5.41) is 7.56. The summed E-state index contributed by atoms with van der Waals surface area (Å²) in [7, 11) is 0. The number of nitrogens with one attached hydrogen (secondary N) is 3. The Balaban J connectivity index is 2.95. The highest BCUT2D eigenvalue weighted by atomic mass is 16.6. The summed E-state index contributed by atoms with van der Waals surface area (Å²) in [5.74, 6) is -2.09. The van der Waals surface area contributed by atoms with Crippen LogP contribution in [-0.2, 0) is 19.1 Å². The molecule has 0 aromatic heterocycles. The van der Waals surface area contributed by atoms with Crippen LogP contribution in [-0.4, -0.2) is 41.9 Å². The average molecular weight is 448 g/mol. The maximum absolute atomic E-state index is 13.2. The Bertz CT molecular complexity index is 795. The van der Waals surface area contributed by atoms with Crippen molar-refractivity contribution in [1.29, 1.82) is 0 Å². The second-order valence-corrected chi connectivity index (χ2v) is 8.88. The molecule has 1 aromatic carbocycles. The second kappa shape index (κ2) is 12.8. The fourth-order valence-electron chi connectivity index (χ4n) is 3.29. The molecule has 0 fully saturated rings. The van der Waals surface area contributed by atoms with Crippen LogP contribution in [0.25, 0.3) is 0 Å². The highest BCUT2D eigenvalue weighted by Crippen LogP contribution is 2.17. The second-order valence-electron chi connectivity index (χ2n) is 8.88. The molecule has 178 valence electrons. The predicted molar refractivity (Wildman–Crippen MR) is 124 cm³/mol. The number of urea groups is 1. The third-order valence-corrected chi connectivity index (χ3v) is 4.60. The Kier molecular flexibility index (Phi) is 10.9. The zero-order chi connectivity index (χ0) is 24.3. The number of carbonyl (C=O) groups is 4. The molecule has 1 aromatic rings. The van der Waals surface area contributed by atoms with Crippen LogP contribution < -0.4 is 16.0 Å². The molecule has 0 spiro atoms. The highest BCUT2D eigenvalue weighted by Gasteiger charge is 2.33. The van der Waals surface area contributed by atoms with Crippen LogP contribution in [0.3, 0.4) is 0 Å². The molecule has 3 amide bonds. The van der Waals surface area contributed by atoms with Gasteiger partial charge in [0.15, 0.2) is 11.8 Å². The zero-order valence-electron chi connectivity index (χ0n) is 20.0. The minimum atomic E-state index is -1.41. The summed E-state index contributed by atoms with van der Waals surface area (Å²) in [4.78, 5) is 50.5. The molecule has 0 heterocycles. The first kappa shape index (κ1) is 27.1. The van der Waals surface area contributed by atoms with Crippen LogP contribution in [0.15, 0.2) is 24.3 Å². The van der Waals surface area contributed by atoms with Crippen LogP contribution in [0.5, 0.6) is 0 Å². The third-order valence-electron chi connectivity index (χ3n) is 4.60. The van der Waals surface area contributed by atoms with Crippen molar-refractivity contribution in [2.75, 3.05) is 11.9 Å². The summed E-state index contributed by atoms with van der Waals surface area (Å²) >= 11 is 0. The van der Waals surface area contributed by atoms with Crippen molar-refractivity contribution < 1.29 is 23.9 Å². The van der Waals surface area contributed by atoms with E-state index in [0.717, 1.165) is 18.4 Å². The van der Waals surface area contributed by atoms with E-state index in [1.807, 2.05) is 26.8 Å². The molecule has 0 radical (unpaired) electrons. The Labute approximate surface area is 190 Å². The summed E-state index contributed by atoms with van der Waals surface area (Å²) in [6, 6.07) is 5.08. The summed E-state index contributed by atoms with van der Waals surface area (Å²) in [6.07, 6.45) is 2.78. The third kappa shape index (κ3) is 9.94. The zero-order valence-corrected chi connectivity index (χ0v) is 20.0. The number of rotatable bonds is 11. The quantitative estimate of drug-likeness (QED) is 0.353. The van der Waals surface area contributed by atoms with E-state index >= 15 is 0 Å². The Morgan fingerprint density at radius 3 is 2.19 bits per heavy atom. The maximum atomic E-state index is 13.2. The molecule has 8 heteroatoms. The number of carbonyl (C=O) groups excluding carboxylic acids is 4. The van der Waals surface area contributed by atoms with Gasteiger partial charge in [0.05, 0.1) is 0 Å². The molecule has 8 nitrogen and oxygen atoms in total. The van der Waals surface area contributed by atoms with E-state index < -0.39 is 36.1 Å². The molecule has 0 aliphatic carbocycles. The van der Waals surface area contributed by atoms with Gasteiger partial charge in [-0.25, -0.2) is 4.79 Å². The fraction of sp³-hybridized carbons (Fsp3) is 0.583. The topological polar surface area (TPSA) is 114 Å². The molecule has 0 aliphatic rings. The van der Waals surface area contributed by atoms with Gasteiger partial charge in [-0.1, -0.05) is 38.8 Å². The Hall–Kier alpha value is -2.90. The lowest BCUT2D eigenvalue weighted by Gasteiger charge is -2.23.